The second-order valence-corrected chi connectivity index (χ2v) is 9.03. The summed E-state index contributed by atoms with van der Waals surface area (Å²) in [6, 6.07) is 17.0. The van der Waals surface area contributed by atoms with Gasteiger partial charge in [-0.2, -0.15) is 0 Å². The van der Waals surface area contributed by atoms with Gasteiger partial charge in [0, 0.05) is 5.69 Å². The largest absolute Gasteiger partial charge is 0.324 e. The maximum atomic E-state index is 13.3. The van der Waals surface area contributed by atoms with Gasteiger partial charge in [0.1, 0.15) is 12.4 Å². The van der Waals surface area contributed by atoms with Gasteiger partial charge >= 0.3 is 0 Å². The molecule has 3 aromatic carbocycles. The molecule has 1 amide bonds. The summed E-state index contributed by atoms with van der Waals surface area (Å²) in [7, 11) is -4.08. The van der Waals surface area contributed by atoms with Gasteiger partial charge in [-0.1, -0.05) is 29.8 Å². The Kier molecular flexibility index (Phi) is 6.22. The minimum Gasteiger partial charge on any atom is -0.324 e. The van der Waals surface area contributed by atoms with Gasteiger partial charge in [0.2, 0.25) is 5.91 Å². The smallest absolute Gasteiger partial charge is 0.264 e. The normalized spacial score (nSPS) is 11.2. The molecule has 0 aliphatic rings. The maximum absolute atomic E-state index is 13.3. The highest BCUT2D eigenvalue weighted by molar-refractivity contribution is 7.92. The number of anilines is 2. The summed E-state index contributed by atoms with van der Waals surface area (Å²) < 4.78 is 40.8. The van der Waals surface area contributed by atoms with E-state index in [1.807, 2.05) is 39.0 Å². The molecule has 0 heterocycles. The SMILES string of the molecule is Cc1ccc(N(CC(=O)Nc2cc(C)ccc2C)S(=O)(=O)c2ccc(F)cc2)cc1. The highest BCUT2D eigenvalue weighted by atomic mass is 32.2. The highest BCUT2D eigenvalue weighted by Gasteiger charge is 2.27. The summed E-state index contributed by atoms with van der Waals surface area (Å²) in [5.74, 6) is -1.02. The summed E-state index contributed by atoms with van der Waals surface area (Å²) in [6.45, 7) is 5.24. The second kappa shape index (κ2) is 8.67. The van der Waals surface area contributed by atoms with E-state index in [0.717, 1.165) is 33.1 Å². The zero-order chi connectivity index (χ0) is 21.9. The Morgan fingerprint density at radius 2 is 1.50 bits per heavy atom. The number of benzene rings is 3. The Labute approximate surface area is 176 Å². The summed E-state index contributed by atoms with van der Waals surface area (Å²) >= 11 is 0. The minimum atomic E-state index is -4.08. The van der Waals surface area contributed by atoms with Gasteiger partial charge in [0.25, 0.3) is 10.0 Å². The lowest BCUT2D eigenvalue weighted by Gasteiger charge is -2.24. The van der Waals surface area contributed by atoms with Crippen LogP contribution in [0.15, 0.2) is 71.6 Å². The van der Waals surface area contributed by atoms with E-state index in [1.54, 1.807) is 24.3 Å². The van der Waals surface area contributed by atoms with Crippen molar-refractivity contribution in [3.8, 4) is 0 Å². The van der Waals surface area contributed by atoms with Crippen molar-refractivity contribution < 1.29 is 17.6 Å². The first-order chi connectivity index (χ1) is 14.2. The van der Waals surface area contributed by atoms with Crippen LogP contribution >= 0.6 is 0 Å². The molecule has 3 rings (SSSR count). The van der Waals surface area contributed by atoms with Gasteiger partial charge in [-0.05, 0) is 74.4 Å². The number of nitrogens with zero attached hydrogens (tertiary/aromatic N) is 1. The third kappa shape index (κ3) is 4.86. The molecule has 0 aliphatic heterocycles. The number of rotatable bonds is 6. The molecule has 0 saturated heterocycles. The second-order valence-electron chi connectivity index (χ2n) is 7.17. The van der Waals surface area contributed by atoms with Gasteiger partial charge in [-0.15, -0.1) is 0 Å². The molecule has 30 heavy (non-hydrogen) atoms. The maximum Gasteiger partial charge on any atom is 0.264 e. The predicted molar refractivity (Wildman–Crippen MR) is 117 cm³/mol. The first kappa shape index (κ1) is 21.5. The molecule has 0 aliphatic carbocycles. The van der Waals surface area contributed by atoms with Gasteiger partial charge in [0.05, 0.1) is 10.6 Å². The summed E-state index contributed by atoms with van der Waals surface area (Å²) in [4.78, 5) is 12.7. The van der Waals surface area contributed by atoms with Crippen molar-refractivity contribution in [3.63, 3.8) is 0 Å². The molecular weight excluding hydrogens is 403 g/mol. The molecule has 0 radical (unpaired) electrons. The lowest BCUT2D eigenvalue weighted by Crippen LogP contribution is -2.38. The van der Waals surface area contributed by atoms with Gasteiger partial charge in [-0.25, -0.2) is 12.8 Å². The van der Waals surface area contributed by atoms with E-state index in [2.05, 4.69) is 5.32 Å². The van der Waals surface area contributed by atoms with Gasteiger partial charge < -0.3 is 5.32 Å². The van der Waals surface area contributed by atoms with Crippen LogP contribution in [0.25, 0.3) is 0 Å². The van der Waals surface area contributed by atoms with Crippen LogP contribution in [0.3, 0.4) is 0 Å². The number of hydrogen-bond donors (Lipinski definition) is 1. The van der Waals surface area contributed by atoms with Crippen molar-refractivity contribution in [2.24, 2.45) is 0 Å². The van der Waals surface area contributed by atoms with Crippen LogP contribution in [-0.4, -0.2) is 20.9 Å². The monoisotopic (exact) mass is 426 g/mol. The van der Waals surface area contributed by atoms with E-state index < -0.39 is 28.3 Å². The number of halogens is 1. The molecule has 0 atom stereocenters. The average Bonchev–Trinajstić information content (AvgIpc) is 2.70. The average molecular weight is 427 g/mol. The first-order valence-corrected chi connectivity index (χ1v) is 10.8. The van der Waals surface area contributed by atoms with Crippen LogP contribution in [-0.2, 0) is 14.8 Å². The van der Waals surface area contributed by atoms with Crippen LogP contribution in [0.4, 0.5) is 15.8 Å². The van der Waals surface area contributed by atoms with E-state index in [4.69, 9.17) is 0 Å². The van der Waals surface area contributed by atoms with Crippen molar-refractivity contribution in [3.05, 3.63) is 89.2 Å². The van der Waals surface area contributed by atoms with Crippen molar-refractivity contribution in [1.82, 2.24) is 0 Å². The number of carbonyl (C=O) groups is 1. The van der Waals surface area contributed by atoms with Gasteiger partial charge in [-0.3, -0.25) is 9.10 Å². The van der Waals surface area contributed by atoms with Crippen LogP contribution in [0.1, 0.15) is 16.7 Å². The van der Waals surface area contributed by atoms with E-state index in [1.165, 1.54) is 12.1 Å². The summed E-state index contributed by atoms with van der Waals surface area (Å²) in [5.41, 5.74) is 3.78. The molecule has 1 N–H and O–H groups in total. The number of hydrogen-bond acceptors (Lipinski definition) is 3. The van der Waals surface area contributed by atoms with Crippen molar-refractivity contribution in [2.45, 2.75) is 25.7 Å². The highest BCUT2D eigenvalue weighted by Crippen LogP contribution is 2.25. The molecule has 7 heteroatoms. The van der Waals surface area contributed by atoms with E-state index in [-0.39, 0.29) is 4.90 Å². The molecule has 156 valence electrons. The topological polar surface area (TPSA) is 66.5 Å². The summed E-state index contributed by atoms with van der Waals surface area (Å²) in [6.07, 6.45) is 0. The molecular formula is C23H23FN2O3S. The van der Waals surface area contributed by atoms with Crippen LogP contribution in [0.5, 0.6) is 0 Å². The number of amides is 1. The predicted octanol–water partition coefficient (Wildman–Crippen LogP) is 4.58. The number of sulfonamides is 1. The Hall–Kier alpha value is -3.19. The van der Waals surface area contributed by atoms with Crippen molar-refractivity contribution in [1.29, 1.82) is 0 Å². The van der Waals surface area contributed by atoms with E-state index in [0.29, 0.717) is 11.4 Å². The first-order valence-electron chi connectivity index (χ1n) is 9.39. The number of aryl methyl sites for hydroxylation is 3. The van der Waals surface area contributed by atoms with Crippen molar-refractivity contribution >= 4 is 27.3 Å². The number of carbonyl (C=O) groups excluding carboxylic acids is 1. The Morgan fingerprint density at radius 1 is 0.900 bits per heavy atom. The third-order valence-corrected chi connectivity index (χ3v) is 6.47. The molecule has 3 aromatic rings. The Morgan fingerprint density at radius 3 is 2.13 bits per heavy atom. The van der Waals surface area contributed by atoms with Crippen molar-refractivity contribution in [2.75, 3.05) is 16.2 Å². The van der Waals surface area contributed by atoms with Crippen LogP contribution < -0.4 is 9.62 Å². The number of nitrogens with one attached hydrogen (secondary N) is 1. The molecule has 0 spiro atoms. The summed E-state index contributed by atoms with van der Waals surface area (Å²) in [5, 5.41) is 2.79. The lowest BCUT2D eigenvalue weighted by molar-refractivity contribution is -0.114. The third-order valence-electron chi connectivity index (χ3n) is 4.68. The standard InChI is InChI=1S/C23H23FN2O3S/c1-16-5-10-20(11-6-16)26(30(28,29)21-12-8-19(24)9-13-21)15-23(27)25-22-14-17(2)4-7-18(22)3/h4-14H,15H2,1-3H3,(H,25,27). The zero-order valence-electron chi connectivity index (χ0n) is 17.0. The molecule has 0 unspecified atom stereocenters. The molecule has 0 bridgehead atoms. The van der Waals surface area contributed by atoms with Gasteiger partial charge in [0.15, 0.2) is 0 Å². The minimum absolute atomic E-state index is 0.0935. The Balaban J connectivity index is 1.95. The lowest BCUT2D eigenvalue weighted by atomic mass is 10.1. The molecule has 5 nitrogen and oxygen atoms in total. The fraction of sp³-hybridized carbons (Fsp3) is 0.174. The van der Waals surface area contributed by atoms with Crippen LogP contribution in [0, 0.1) is 26.6 Å². The van der Waals surface area contributed by atoms with E-state index >= 15 is 0 Å². The Bertz CT molecular complexity index is 1160. The fourth-order valence-electron chi connectivity index (χ4n) is 2.95. The zero-order valence-corrected chi connectivity index (χ0v) is 17.8. The fourth-order valence-corrected chi connectivity index (χ4v) is 4.37. The molecule has 0 aromatic heterocycles. The van der Waals surface area contributed by atoms with Crippen LogP contribution in [0.2, 0.25) is 0 Å². The molecule has 0 fully saturated rings. The quantitative estimate of drug-likeness (QED) is 0.627. The molecule has 0 saturated carbocycles. The van der Waals surface area contributed by atoms with E-state index in [9.17, 15) is 17.6 Å².